The lowest BCUT2D eigenvalue weighted by molar-refractivity contribution is -0.0556. The van der Waals surface area contributed by atoms with Crippen molar-refractivity contribution in [3.63, 3.8) is 0 Å². The molecule has 0 saturated heterocycles. The van der Waals surface area contributed by atoms with Crippen LogP contribution < -0.4 is 0 Å². The molecular weight excluding hydrogens is 226 g/mol. The molecule has 0 amide bonds. The van der Waals surface area contributed by atoms with Crippen LogP contribution in [0.15, 0.2) is 9.98 Å². The van der Waals surface area contributed by atoms with Gasteiger partial charge in [-0.05, 0) is 0 Å². The molecule has 0 aromatic carbocycles. The van der Waals surface area contributed by atoms with E-state index in [0.29, 0.717) is 26.2 Å². The molecule has 2 heterocycles. The highest BCUT2D eigenvalue weighted by molar-refractivity contribution is 7.47. The summed E-state index contributed by atoms with van der Waals surface area (Å²) in [4.78, 5) is 7.55. The molecule has 0 bridgehead atoms. The Bertz CT molecular complexity index is 308. The van der Waals surface area contributed by atoms with Gasteiger partial charge in [0.1, 0.15) is 12.7 Å². The fraction of sp³-hybridized carbons (Fsp3) is 0.667. The Labute approximate surface area is 85.7 Å². The topological polar surface area (TPSA) is 66.7 Å². The van der Waals surface area contributed by atoms with Gasteiger partial charge in [0.15, 0.2) is 0 Å². The zero-order valence-electron chi connectivity index (χ0n) is 7.82. The fourth-order valence-corrected chi connectivity index (χ4v) is 1.89. The van der Waals surface area contributed by atoms with Crippen molar-refractivity contribution >= 4 is 20.6 Å². The van der Waals surface area contributed by atoms with E-state index in [0.717, 1.165) is 10.1 Å². The highest BCUT2D eigenvalue weighted by atomic mass is 31.2. The van der Waals surface area contributed by atoms with Crippen LogP contribution in [0, 0.1) is 0 Å². The van der Waals surface area contributed by atoms with Crippen molar-refractivity contribution in [3.8, 4) is 0 Å². The molecule has 2 rings (SSSR count). The Kier molecular flexibility index (Phi) is 2.99. The van der Waals surface area contributed by atoms with Gasteiger partial charge in [-0.1, -0.05) is 0 Å². The van der Waals surface area contributed by atoms with Crippen molar-refractivity contribution < 1.29 is 18.0 Å². The molecule has 7 nitrogen and oxygen atoms in total. The normalized spacial score (nSPS) is 20.6. The third kappa shape index (κ3) is 2.98. The number of hydrogen-bond donors (Lipinski definition) is 0. The minimum Gasteiger partial charge on any atom is -0.271 e. The summed E-state index contributed by atoms with van der Waals surface area (Å²) in [7, 11) is -4.62. The molecule has 0 aromatic heterocycles. The Morgan fingerprint density at radius 1 is 1.13 bits per heavy atom. The van der Waals surface area contributed by atoms with Gasteiger partial charge in [-0.3, -0.25) is 9.98 Å². The largest absolute Gasteiger partial charge is 0.556 e. The Balaban J connectivity index is 1.85. The maximum atomic E-state index is 13.3. The molecule has 2 aliphatic rings. The predicted molar refractivity (Wildman–Crippen MR) is 51.0 cm³/mol. The minimum atomic E-state index is -4.62. The van der Waals surface area contributed by atoms with E-state index in [1.54, 1.807) is 0 Å². The number of nitrogens with zero attached hydrogens (tertiary/aromatic N) is 4. The van der Waals surface area contributed by atoms with Crippen LogP contribution in [0.4, 0.5) is 4.20 Å². The molecule has 0 spiro atoms. The van der Waals surface area contributed by atoms with Crippen LogP contribution in [-0.4, -0.2) is 49.0 Å². The van der Waals surface area contributed by atoms with Gasteiger partial charge in [-0.2, -0.15) is 9.25 Å². The Morgan fingerprint density at radius 3 is 1.93 bits per heavy atom. The van der Waals surface area contributed by atoms with Gasteiger partial charge >= 0.3 is 7.91 Å². The van der Waals surface area contributed by atoms with E-state index in [4.69, 9.17) is 0 Å². The van der Waals surface area contributed by atoms with E-state index < -0.39 is 7.91 Å². The van der Waals surface area contributed by atoms with Crippen LogP contribution in [0.25, 0.3) is 0 Å². The second-order valence-electron chi connectivity index (χ2n) is 2.92. The third-order valence-corrected chi connectivity index (χ3v) is 2.53. The summed E-state index contributed by atoms with van der Waals surface area (Å²) in [5, 5.41) is 2.10. The fourth-order valence-electron chi connectivity index (χ4n) is 1.11. The van der Waals surface area contributed by atoms with Gasteiger partial charge in [-0.15, -0.1) is 4.20 Å². The molecule has 0 N–H and O–H groups in total. The molecule has 0 aromatic rings. The van der Waals surface area contributed by atoms with Crippen molar-refractivity contribution in [3.05, 3.63) is 0 Å². The molecule has 84 valence electrons. The van der Waals surface area contributed by atoms with Gasteiger partial charge in [0.2, 0.25) is 0 Å². The number of halogens is 1. The molecule has 2 aliphatic heterocycles. The first-order chi connectivity index (χ1) is 7.16. The van der Waals surface area contributed by atoms with E-state index in [-0.39, 0.29) is 0 Å². The SMILES string of the molecule is O=P(F)(ON1C=NCC1)ON1C=NCC1. The van der Waals surface area contributed by atoms with Gasteiger partial charge < -0.3 is 0 Å². The molecular formula is C6H10FN4O3P. The highest BCUT2D eigenvalue weighted by Crippen LogP contribution is 2.51. The molecule has 0 saturated carbocycles. The van der Waals surface area contributed by atoms with Crippen molar-refractivity contribution in [1.29, 1.82) is 0 Å². The summed E-state index contributed by atoms with van der Waals surface area (Å²) >= 11 is 0. The quantitative estimate of drug-likeness (QED) is 0.669. The summed E-state index contributed by atoms with van der Waals surface area (Å²) < 4.78 is 33.5. The van der Waals surface area contributed by atoms with Crippen LogP contribution >= 0.6 is 7.91 Å². The third-order valence-electron chi connectivity index (χ3n) is 1.72. The van der Waals surface area contributed by atoms with Gasteiger partial charge in [0.25, 0.3) is 0 Å². The van der Waals surface area contributed by atoms with Crippen LogP contribution in [0.2, 0.25) is 0 Å². The monoisotopic (exact) mass is 236 g/mol. The molecule has 0 atom stereocenters. The molecule has 15 heavy (non-hydrogen) atoms. The van der Waals surface area contributed by atoms with Gasteiger partial charge in [-0.25, -0.2) is 14.7 Å². The molecule has 0 radical (unpaired) electrons. The summed E-state index contributed by atoms with van der Waals surface area (Å²) in [5.41, 5.74) is 0. The van der Waals surface area contributed by atoms with E-state index in [2.05, 4.69) is 19.2 Å². The summed E-state index contributed by atoms with van der Waals surface area (Å²) in [5.74, 6) is 0. The summed E-state index contributed by atoms with van der Waals surface area (Å²) in [6.45, 7) is 1.72. The number of rotatable bonds is 4. The van der Waals surface area contributed by atoms with Gasteiger partial charge in [0, 0.05) is 0 Å². The van der Waals surface area contributed by atoms with E-state index >= 15 is 0 Å². The lowest BCUT2D eigenvalue weighted by Crippen LogP contribution is -2.23. The summed E-state index contributed by atoms with van der Waals surface area (Å²) in [6.07, 6.45) is 2.54. The van der Waals surface area contributed by atoms with Gasteiger partial charge in [0.05, 0.1) is 26.2 Å². The Morgan fingerprint density at radius 2 is 1.60 bits per heavy atom. The minimum absolute atomic E-state index is 0.366. The molecule has 9 heteroatoms. The van der Waals surface area contributed by atoms with Crippen LogP contribution in [-0.2, 0) is 13.8 Å². The van der Waals surface area contributed by atoms with E-state index in [9.17, 15) is 8.76 Å². The first-order valence-corrected chi connectivity index (χ1v) is 5.81. The van der Waals surface area contributed by atoms with Crippen LogP contribution in [0.5, 0.6) is 0 Å². The standard InChI is InChI=1S/C6H10FN4O3P/c7-15(12,13-10-3-1-8-5-10)14-11-4-2-9-6-11/h5-6H,1-4H2. The van der Waals surface area contributed by atoms with Crippen molar-refractivity contribution in [2.24, 2.45) is 9.98 Å². The van der Waals surface area contributed by atoms with Crippen molar-refractivity contribution in [2.75, 3.05) is 26.2 Å². The maximum Gasteiger partial charge on any atom is 0.556 e. The smallest absolute Gasteiger partial charge is 0.271 e. The number of hydrogen-bond acceptors (Lipinski definition) is 7. The molecule has 0 fully saturated rings. The first-order valence-electron chi connectivity index (χ1n) is 4.38. The lowest BCUT2D eigenvalue weighted by atomic mass is 10.7. The highest BCUT2D eigenvalue weighted by Gasteiger charge is 2.32. The number of hydroxylamine groups is 4. The van der Waals surface area contributed by atoms with Crippen molar-refractivity contribution in [1.82, 2.24) is 10.1 Å². The molecule has 0 aliphatic carbocycles. The van der Waals surface area contributed by atoms with Crippen LogP contribution in [0.1, 0.15) is 0 Å². The average molecular weight is 236 g/mol. The zero-order chi connectivity index (χ0) is 10.7. The van der Waals surface area contributed by atoms with E-state index in [1.807, 2.05) is 0 Å². The summed E-state index contributed by atoms with van der Waals surface area (Å²) in [6, 6.07) is 0. The first kappa shape index (κ1) is 10.5. The number of aliphatic imine (C=N–C) groups is 2. The second-order valence-corrected chi connectivity index (χ2v) is 4.11. The van der Waals surface area contributed by atoms with Crippen LogP contribution in [0.3, 0.4) is 0 Å². The average Bonchev–Trinajstić information content (AvgIpc) is 2.75. The molecule has 0 unspecified atom stereocenters. The van der Waals surface area contributed by atoms with E-state index in [1.165, 1.54) is 12.7 Å². The second kappa shape index (κ2) is 4.26. The lowest BCUT2D eigenvalue weighted by Gasteiger charge is -2.19. The Hall–Kier alpha value is -0.980. The predicted octanol–water partition coefficient (Wildman–Crippen LogP) is 0.615. The van der Waals surface area contributed by atoms with Crippen molar-refractivity contribution in [2.45, 2.75) is 0 Å². The zero-order valence-corrected chi connectivity index (χ0v) is 8.72. The maximum absolute atomic E-state index is 13.3.